The lowest BCUT2D eigenvalue weighted by Gasteiger charge is -2.41. The predicted octanol–water partition coefficient (Wildman–Crippen LogP) is 3.87. The minimum absolute atomic E-state index is 0.00625. The highest BCUT2D eigenvalue weighted by atomic mass is 19.3. The molecule has 3 aromatic rings. The van der Waals surface area contributed by atoms with Crippen molar-refractivity contribution in [2.75, 3.05) is 22.2 Å². The number of rotatable bonds is 8. The van der Waals surface area contributed by atoms with Crippen LogP contribution in [0.1, 0.15) is 24.5 Å². The third-order valence-corrected chi connectivity index (χ3v) is 5.69. The predicted molar refractivity (Wildman–Crippen MR) is 118 cm³/mol. The maximum Gasteiger partial charge on any atom is 0.287 e. The van der Waals surface area contributed by atoms with E-state index in [1.807, 2.05) is 0 Å². The van der Waals surface area contributed by atoms with Gasteiger partial charge in [0.15, 0.2) is 23.3 Å². The Morgan fingerprint density at radius 3 is 2.42 bits per heavy atom. The maximum atomic E-state index is 14.5. The van der Waals surface area contributed by atoms with E-state index in [-0.39, 0.29) is 42.5 Å². The number of carbonyl (C=O) groups excluding carboxylic acids is 1. The molecule has 2 atom stereocenters. The van der Waals surface area contributed by atoms with Crippen molar-refractivity contribution < 1.29 is 31.1 Å². The van der Waals surface area contributed by atoms with Crippen LogP contribution >= 0.6 is 0 Å². The van der Waals surface area contributed by atoms with Crippen LogP contribution < -0.4 is 15.1 Å². The summed E-state index contributed by atoms with van der Waals surface area (Å²) in [6.45, 7) is 1.67. The maximum absolute atomic E-state index is 14.5. The molecule has 1 amide bonds. The van der Waals surface area contributed by atoms with Crippen LogP contribution in [-0.4, -0.2) is 51.5 Å². The topological polar surface area (TPSA) is 79.2 Å². The summed E-state index contributed by atoms with van der Waals surface area (Å²) in [5, 5.41) is 6.96. The molecular weight excluding hydrogens is 492 g/mol. The van der Waals surface area contributed by atoms with E-state index in [2.05, 4.69) is 20.4 Å². The molecule has 2 aromatic heterocycles. The molecule has 0 saturated heterocycles. The third kappa shape index (κ3) is 4.79. The summed E-state index contributed by atoms with van der Waals surface area (Å²) in [4.78, 5) is 22.7. The van der Waals surface area contributed by atoms with Crippen molar-refractivity contribution in [1.29, 1.82) is 0 Å². The number of halogens is 6. The fourth-order valence-corrected chi connectivity index (χ4v) is 3.92. The zero-order valence-electron chi connectivity index (χ0n) is 19.1. The molecule has 3 heterocycles. The van der Waals surface area contributed by atoms with Gasteiger partial charge in [0.2, 0.25) is 18.2 Å². The molecule has 1 aliphatic heterocycles. The molecule has 0 saturated carbocycles. The number of nitrogens with zero attached hydrogens (tertiary/aromatic N) is 6. The molecular formula is C22H21F6N7O. The van der Waals surface area contributed by atoms with Gasteiger partial charge in [-0.05, 0) is 24.1 Å². The van der Waals surface area contributed by atoms with Crippen LogP contribution in [0.4, 0.5) is 43.8 Å². The van der Waals surface area contributed by atoms with Gasteiger partial charge in [0, 0.05) is 25.4 Å². The number of amides is 1. The number of benzene rings is 1. The van der Waals surface area contributed by atoms with Crippen LogP contribution in [-0.2, 0) is 17.9 Å². The number of aromatic nitrogens is 4. The molecule has 36 heavy (non-hydrogen) atoms. The van der Waals surface area contributed by atoms with E-state index in [0.717, 1.165) is 12.1 Å². The van der Waals surface area contributed by atoms with Crippen LogP contribution in [0.5, 0.6) is 0 Å². The molecule has 0 fully saturated rings. The van der Waals surface area contributed by atoms with Gasteiger partial charge < -0.3 is 15.1 Å². The van der Waals surface area contributed by atoms with Gasteiger partial charge in [0.05, 0.1) is 18.9 Å². The number of alkyl halides is 3. The molecule has 0 aliphatic carbocycles. The average molecular weight is 513 g/mol. The fourth-order valence-electron chi connectivity index (χ4n) is 3.92. The van der Waals surface area contributed by atoms with Gasteiger partial charge in [-0.25, -0.2) is 31.3 Å². The molecule has 0 bridgehead atoms. The molecule has 14 heteroatoms. The number of nitrogens with one attached hydrogen (secondary N) is 1. The van der Waals surface area contributed by atoms with Gasteiger partial charge in [0.25, 0.3) is 6.43 Å². The number of hydrogen-bond acceptors (Lipinski definition) is 6. The van der Waals surface area contributed by atoms with Crippen molar-refractivity contribution >= 4 is 23.4 Å². The number of anilines is 3. The Hall–Kier alpha value is -3.84. The van der Waals surface area contributed by atoms with E-state index in [1.54, 1.807) is 13.1 Å². The van der Waals surface area contributed by atoms with Crippen LogP contribution in [0.3, 0.4) is 0 Å². The monoisotopic (exact) mass is 513 g/mol. The normalized spacial score (nSPS) is 16.5. The van der Waals surface area contributed by atoms with Gasteiger partial charge >= 0.3 is 0 Å². The lowest BCUT2D eigenvalue weighted by atomic mass is 10.1. The second-order valence-corrected chi connectivity index (χ2v) is 8.11. The number of carbonyl (C=O) groups is 1. The summed E-state index contributed by atoms with van der Waals surface area (Å²) < 4.78 is 82.4. The van der Waals surface area contributed by atoms with Gasteiger partial charge in [-0.2, -0.15) is 10.1 Å². The minimum atomic E-state index is -3.36. The van der Waals surface area contributed by atoms with Crippen LogP contribution in [0.25, 0.3) is 0 Å². The smallest absolute Gasteiger partial charge is 0.287 e. The minimum Gasteiger partial charge on any atom is -0.350 e. The first-order valence-electron chi connectivity index (χ1n) is 10.8. The fraction of sp³-hybridized carbons (Fsp3) is 0.364. The molecule has 1 aliphatic rings. The van der Waals surface area contributed by atoms with E-state index in [9.17, 15) is 31.1 Å². The number of hydrogen-bond donors (Lipinski definition) is 1. The Morgan fingerprint density at radius 2 is 1.78 bits per heavy atom. The van der Waals surface area contributed by atoms with Crippen molar-refractivity contribution in [2.24, 2.45) is 0 Å². The lowest BCUT2D eigenvalue weighted by molar-refractivity contribution is -0.120. The standard InChI is InChI=1S/C22H21F6N7O/c1-3-15-21(36)33(2)16-8-30-22(32-20(16)35(15)19(28)18(26)27)29-6-12-7-31-34(10-12)9-11-4-13(23)17(25)14(24)5-11/h4-5,7-8,10,15,18-19H,3,6,9H2,1-2H3,(H,29,30,32)/t15-,19?/m0/s1. The Labute approximate surface area is 201 Å². The number of likely N-dealkylation sites (N-methyl/N-ethyl adjacent to an activating group) is 1. The van der Waals surface area contributed by atoms with Crippen molar-refractivity contribution in [2.45, 2.75) is 45.2 Å². The van der Waals surface area contributed by atoms with Gasteiger partial charge in [-0.15, -0.1) is 0 Å². The largest absolute Gasteiger partial charge is 0.350 e. The van der Waals surface area contributed by atoms with Crippen LogP contribution in [0.15, 0.2) is 30.7 Å². The highest BCUT2D eigenvalue weighted by molar-refractivity contribution is 6.04. The first-order valence-corrected chi connectivity index (χ1v) is 10.8. The second kappa shape index (κ2) is 10.0. The molecule has 192 valence electrons. The van der Waals surface area contributed by atoms with E-state index in [1.165, 1.54) is 29.0 Å². The molecule has 8 nitrogen and oxygen atoms in total. The van der Waals surface area contributed by atoms with Crippen molar-refractivity contribution in [3.8, 4) is 0 Å². The highest BCUT2D eigenvalue weighted by Crippen LogP contribution is 2.37. The Kier molecular flexibility index (Phi) is 7.04. The van der Waals surface area contributed by atoms with Crippen molar-refractivity contribution in [3.63, 3.8) is 0 Å². The lowest BCUT2D eigenvalue weighted by Crippen LogP contribution is -2.56. The number of fused-ring (bicyclic) bond motifs is 1. The molecule has 0 radical (unpaired) electrons. The first kappa shape index (κ1) is 25.3. The molecule has 4 rings (SSSR count). The summed E-state index contributed by atoms with van der Waals surface area (Å²) in [7, 11) is 1.43. The third-order valence-electron chi connectivity index (χ3n) is 5.69. The van der Waals surface area contributed by atoms with Crippen molar-refractivity contribution in [3.05, 3.63) is 59.3 Å². The molecule has 1 aromatic carbocycles. The van der Waals surface area contributed by atoms with Crippen molar-refractivity contribution in [1.82, 2.24) is 19.7 Å². The summed E-state index contributed by atoms with van der Waals surface area (Å²) in [6, 6.07) is 0.579. The van der Waals surface area contributed by atoms with Gasteiger partial charge in [-0.3, -0.25) is 9.48 Å². The van der Waals surface area contributed by atoms with E-state index < -0.39 is 42.1 Å². The zero-order chi connectivity index (χ0) is 26.1. The van der Waals surface area contributed by atoms with E-state index >= 15 is 0 Å². The average Bonchev–Trinajstić information content (AvgIpc) is 3.29. The highest BCUT2D eigenvalue weighted by Gasteiger charge is 2.43. The molecule has 1 unspecified atom stereocenters. The van der Waals surface area contributed by atoms with Crippen LogP contribution in [0.2, 0.25) is 0 Å². The second-order valence-electron chi connectivity index (χ2n) is 8.11. The SMILES string of the molecule is CC[C@H]1C(=O)N(C)c2cnc(NCc3cnn(Cc4cc(F)c(F)c(F)c4)c3)nc2N1C(F)C(F)F. The Bertz CT molecular complexity index is 1250. The summed E-state index contributed by atoms with van der Waals surface area (Å²) in [6.07, 6.45) is -1.76. The summed E-state index contributed by atoms with van der Waals surface area (Å²) >= 11 is 0. The first-order chi connectivity index (χ1) is 17.1. The summed E-state index contributed by atoms with van der Waals surface area (Å²) in [5.74, 6) is -4.87. The summed E-state index contributed by atoms with van der Waals surface area (Å²) in [5.41, 5.74) is 0.854. The Morgan fingerprint density at radius 1 is 1.08 bits per heavy atom. The van der Waals surface area contributed by atoms with E-state index in [0.29, 0.717) is 10.5 Å². The quantitative estimate of drug-likeness (QED) is 0.280. The van der Waals surface area contributed by atoms with Crippen LogP contribution in [0, 0.1) is 17.5 Å². The van der Waals surface area contributed by atoms with Gasteiger partial charge in [-0.1, -0.05) is 6.92 Å². The van der Waals surface area contributed by atoms with Gasteiger partial charge in [0.1, 0.15) is 11.7 Å². The Balaban J connectivity index is 1.51. The molecule has 0 spiro atoms. The van der Waals surface area contributed by atoms with E-state index in [4.69, 9.17) is 0 Å². The molecule has 1 N–H and O–H groups in total. The zero-order valence-corrected chi connectivity index (χ0v) is 19.1.